The molecule has 0 N–H and O–H groups in total. The molecule has 1 heterocycles. The van der Waals surface area contributed by atoms with Crippen molar-refractivity contribution in [2.24, 2.45) is 0 Å². The molecule has 0 aliphatic rings. The van der Waals surface area contributed by atoms with Crippen molar-refractivity contribution in [3.05, 3.63) is 53.9 Å². The Balaban J connectivity index is 1.87. The summed E-state index contributed by atoms with van der Waals surface area (Å²) in [7, 11) is 1.30. The van der Waals surface area contributed by atoms with E-state index in [4.69, 9.17) is 9.47 Å². The van der Waals surface area contributed by atoms with Gasteiger partial charge in [-0.3, -0.25) is 4.98 Å². The first-order valence-electron chi connectivity index (χ1n) is 7.29. The number of esters is 1. The minimum atomic E-state index is -2.97. The molecule has 0 radical (unpaired) electrons. The maximum atomic E-state index is 12.3. The number of carbonyl (C=O) groups is 1. The van der Waals surface area contributed by atoms with Crippen LogP contribution in [0.5, 0.6) is 11.5 Å². The van der Waals surface area contributed by atoms with Crippen LogP contribution in [-0.2, 0) is 11.2 Å². The molecular formula is C17H17F2NO4. The molecule has 7 heteroatoms. The van der Waals surface area contributed by atoms with Gasteiger partial charge in [0.1, 0.15) is 0 Å². The number of hydrogen-bond acceptors (Lipinski definition) is 5. The number of benzene rings is 1. The Morgan fingerprint density at radius 3 is 2.75 bits per heavy atom. The number of alkyl halides is 2. The normalized spacial score (nSPS) is 10.5. The van der Waals surface area contributed by atoms with Crippen LogP contribution in [0.15, 0.2) is 42.7 Å². The summed E-state index contributed by atoms with van der Waals surface area (Å²) in [4.78, 5) is 16.0. The van der Waals surface area contributed by atoms with Gasteiger partial charge in [0.05, 0.1) is 19.3 Å². The Bertz CT molecular complexity index is 665. The quantitative estimate of drug-likeness (QED) is 0.545. The molecule has 0 unspecified atom stereocenters. The van der Waals surface area contributed by atoms with Crippen LogP contribution in [0.25, 0.3) is 0 Å². The third-order valence-electron chi connectivity index (χ3n) is 3.18. The standard InChI is InChI=1S/C17H17F2NO4/c1-22-15-10-13(6-7-14(15)24-17(18)19)16(21)23-9-3-5-12-4-2-8-20-11-12/h2,4,6-8,10-11,17H,3,5,9H2,1H3. The zero-order chi connectivity index (χ0) is 17.4. The highest BCUT2D eigenvalue weighted by Crippen LogP contribution is 2.29. The van der Waals surface area contributed by atoms with E-state index in [1.54, 1.807) is 12.4 Å². The zero-order valence-corrected chi connectivity index (χ0v) is 13.1. The van der Waals surface area contributed by atoms with Crippen molar-refractivity contribution in [3.8, 4) is 11.5 Å². The van der Waals surface area contributed by atoms with Crippen molar-refractivity contribution in [1.82, 2.24) is 4.98 Å². The van der Waals surface area contributed by atoms with Gasteiger partial charge >= 0.3 is 12.6 Å². The zero-order valence-electron chi connectivity index (χ0n) is 13.1. The molecule has 0 saturated carbocycles. The van der Waals surface area contributed by atoms with E-state index in [1.807, 2.05) is 12.1 Å². The molecule has 5 nitrogen and oxygen atoms in total. The van der Waals surface area contributed by atoms with Crippen molar-refractivity contribution in [2.45, 2.75) is 19.5 Å². The fourth-order valence-corrected chi connectivity index (χ4v) is 2.06. The SMILES string of the molecule is COc1cc(C(=O)OCCCc2cccnc2)ccc1OC(F)F. The Labute approximate surface area is 138 Å². The third-order valence-corrected chi connectivity index (χ3v) is 3.18. The minimum Gasteiger partial charge on any atom is -0.493 e. The van der Waals surface area contributed by atoms with Gasteiger partial charge in [-0.1, -0.05) is 6.07 Å². The first-order valence-corrected chi connectivity index (χ1v) is 7.29. The number of carbonyl (C=O) groups excluding carboxylic acids is 1. The molecule has 0 aliphatic heterocycles. The average Bonchev–Trinajstić information content (AvgIpc) is 2.59. The minimum absolute atomic E-state index is 0.0418. The predicted molar refractivity (Wildman–Crippen MR) is 82.5 cm³/mol. The van der Waals surface area contributed by atoms with Crippen LogP contribution >= 0.6 is 0 Å². The van der Waals surface area contributed by atoms with Crippen LogP contribution in [0.1, 0.15) is 22.3 Å². The van der Waals surface area contributed by atoms with Crippen molar-refractivity contribution in [3.63, 3.8) is 0 Å². The maximum absolute atomic E-state index is 12.3. The van der Waals surface area contributed by atoms with E-state index in [0.29, 0.717) is 6.42 Å². The van der Waals surface area contributed by atoms with Gasteiger partial charge in [-0.15, -0.1) is 0 Å². The molecular weight excluding hydrogens is 320 g/mol. The lowest BCUT2D eigenvalue weighted by atomic mass is 10.2. The maximum Gasteiger partial charge on any atom is 0.387 e. The summed E-state index contributed by atoms with van der Waals surface area (Å²) in [6.45, 7) is -2.73. The smallest absolute Gasteiger partial charge is 0.387 e. The van der Waals surface area contributed by atoms with Crippen LogP contribution in [-0.4, -0.2) is 31.3 Å². The fourth-order valence-electron chi connectivity index (χ4n) is 2.06. The summed E-state index contributed by atoms with van der Waals surface area (Å²) in [5.41, 5.74) is 1.26. The van der Waals surface area contributed by atoms with Gasteiger partial charge in [-0.2, -0.15) is 8.78 Å². The summed E-state index contributed by atoms with van der Waals surface area (Å²) in [6, 6.07) is 7.69. The molecule has 0 amide bonds. The Morgan fingerprint density at radius 1 is 1.25 bits per heavy atom. The van der Waals surface area contributed by atoms with E-state index >= 15 is 0 Å². The summed E-state index contributed by atoms with van der Waals surface area (Å²) in [5, 5.41) is 0. The van der Waals surface area contributed by atoms with Crippen molar-refractivity contribution < 1.29 is 27.8 Å². The van der Waals surface area contributed by atoms with Crippen LogP contribution in [0.4, 0.5) is 8.78 Å². The van der Waals surface area contributed by atoms with Crippen molar-refractivity contribution in [1.29, 1.82) is 0 Å². The van der Waals surface area contributed by atoms with Gasteiger partial charge < -0.3 is 14.2 Å². The number of aryl methyl sites for hydroxylation is 1. The molecule has 0 bridgehead atoms. The summed E-state index contributed by atoms with van der Waals surface area (Å²) >= 11 is 0. The predicted octanol–water partition coefficient (Wildman–Crippen LogP) is 3.48. The average molecular weight is 337 g/mol. The van der Waals surface area contributed by atoms with E-state index in [2.05, 4.69) is 9.72 Å². The second-order valence-corrected chi connectivity index (χ2v) is 4.84. The summed E-state index contributed by atoms with van der Waals surface area (Å²) < 4.78 is 39.0. The van der Waals surface area contributed by atoms with Gasteiger partial charge in [-0.05, 0) is 42.7 Å². The lowest BCUT2D eigenvalue weighted by Crippen LogP contribution is -2.09. The Hall–Kier alpha value is -2.70. The largest absolute Gasteiger partial charge is 0.493 e. The molecule has 0 spiro atoms. The van der Waals surface area contributed by atoms with Crippen LogP contribution in [0, 0.1) is 0 Å². The third kappa shape index (κ3) is 5.19. The Morgan fingerprint density at radius 2 is 2.08 bits per heavy atom. The molecule has 2 aromatic rings. The number of pyridine rings is 1. The van der Waals surface area contributed by atoms with E-state index in [-0.39, 0.29) is 23.7 Å². The van der Waals surface area contributed by atoms with Gasteiger partial charge in [-0.25, -0.2) is 4.79 Å². The molecule has 0 saturated heterocycles. The lowest BCUT2D eigenvalue weighted by molar-refractivity contribution is -0.0512. The van der Waals surface area contributed by atoms with Gasteiger partial charge in [0.25, 0.3) is 0 Å². The molecule has 0 aliphatic carbocycles. The highest BCUT2D eigenvalue weighted by atomic mass is 19.3. The molecule has 24 heavy (non-hydrogen) atoms. The van der Waals surface area contributed by atoms with E-state index in [1.165, 1.54) is 25.3 Å². The number of aromatic nitrogens is 1. The fraction of sp³-hybridized carbons (Fsp3) is 0.294. The van der Waals surface area contributed by atoms with Crippen LogP contribution in [0.3, 0.4) is 0 Å². The monoisotopic (exact) mass is 337 g/mol. The van der Waals surface area contributed by atoms with E-state index in [9.17, 15) is 13.6 Å². The first kappa shape index (κ1) is 17.7. The highest BCUT2D eigenvalue weighted by Gasteiger charge is 2.15. The van der Waals surface area contributed by atoms with E-state index < -0.39 is 12.6 Å². The van der Waals surface area contributed by atoms with Crippen molar-refractivity contribution in [2.75, 3.05) is 13.7 Å². The molecule has 0 fully saturated rings. The van der Waals surface area contributed by atoms with Gasteiger partial charge in [0.2, 0.25) is 0 Å². The van der Waals surface area contributed by atoms with Crippen molar-refractivity contribution >= 4 is 5.97 Å². The Kier molecular flexibility index (Phi) is 6.48. The second kappa shape index (κ2) is 8.81. The van der Waals surface area contributed by atoms with E-state index in [0.717, 1.165) is 12.0 Å². The molecule has 128 valence electrons. The van der Waals surface area contributed by atoms with Crippen LogP contribution < -0.4 is 9.47 Å². The second-order valence-electron chi connectivity index (χ2n) is 4.84. The summed E-state index contributed by atoms with van der Waals surface area (Å²) in [6.07, 6.45) is 4.85. The molecule has 2 rings (SSSR count). The topological polar surface area (TPSA) is 57.7 Å². The number of methoxy groups -OCH3 is 1. The number of halogens is 2. The van der Waals surface area contributed by atoms with Crippen LogP contribution in [0.2, 0.25) is 0 Å². The molecule has 1 aromatic carbocycles. The van der Waals surface area contributed by atoms with Gasteiger partial charge in [0, 0.05) is 12.4 Å². The molecule has 1 aromatic heterocycles. The number of rotatable bonds is 8. The summed E-state index contributed by atoms with van der Waals surface area (Å²) in [5.74, 6) is -0.649. The first-order chi connectivity index (χ1) is 11.6. The number of ether oxygens (including phenoxy) is 3. The lowest BCUT2D eigenvalue weighted by Gasteiger charge is -2.11. The number of hydrogen-bond donors (Lipinski definition) is 0. The highest BCUT2D eigenvalue weighted by molar-refractivity contribution is 5.90. The molecule has 0 atom stereocenters. The number of nitrogens with zero attached hydrogens (tertiary/aromatic N) is 1. The van der Waals surface area contributed by atoms with Gasteiger partial charge in [0.15, 0.2) is 11.5 Å².